The summed E-state index contributed by atoms with van der Waals surface area (Å²) < 4.78 is 2.89. The van der Waals surface area contributed by atoms with Crippen molar-refractivity contribution in [3.05, 3.63) is 28.0 Å². The van der Waals surface area contributed by atoms with E-state index in [9.17, 15) is 4.79 Å². The number of nitrogens with one attached hydrogen (secondary N) is 2. The highest BCUT2D eigenvalue weighted by atomic mass is 79.9. The molecule has 2 aromatic heterocycles. The molecule has 0 aliphatic heterocycles. The van der Waals surface area contributed by atoms with Crippen molar-refractivity contribution in [3.63, 3.8) is 0 Å². The maximum atomic E-state index is 11.3. The number of carbonyl (C=O) groups excluding carboxylic acids is 1. The first-order valence-corrected chi connectivity index (χ1v) is 7.84. The number of imidazole rings is 1. The Bertz CT molecular complexity index is 704. The second kappa shape index (κ2) is 6.26. The van der Waals surface area contributed by atoms with Crippen molar-refractivity contribution >= 4 is 33.3 Å². The second-order valence-corrected chi connectivity index (χ2v) is 7.42. The fourth-order valence-electron chi connectivity index (χ4n) is 2.23. The Morgan fingerprint density at radius 1 is 1.45 bits per heavy atom. The van der Waals surface area contributed by atoms with Gasteiger partial charge in [-0.05, 0) is 46.3 Å². The second-order valence-electron chi connectivity index (χ2n) is 6.57. The Balaban J connectivity index is 2.49. The van der Waals surface area contributed by atoms with E-state index in [-0.39, 0.29) is 12.0 Å². The summed E-state index contributed by atoms with van der Waals surface area (Å²) in [4.78, 5) is 16.0. The van der Waals surface area contributed by atoms with E-state index in [0.29, 0.717) is 0 Å². The maximum Gasteiger partial charge on any atom is 0.262 e. The van der Waals surface area contributed by atoms with Gasteiger partial charge >= 0.3 is 0 Å². The Hall–Kier alpha value is -1.60. The lowest BCUT2D eigenvalue weighted by Crippen LogP contribution is -2.27. The molecule has 0 unspecified atom stereocenters. The molecule has 120 valence electrons. The summed E-state index contributed by atoms with van der Waals surface area (Å²) in [6.45, 7) is 8.41. The number of anilines is 1. The molecular weight excluding hydrogens is 348 g/mol. The van der Waals surface area contributed by atoms with Gasteiger partial charge in [-0.3, -0.25) is 14.4 Å². The molecule has 0 radical (unpaired) electrons. The summed E-state index contributed by atoms with van der Waals surface area (Å²) in [7, 11) is 0. The van der Waals surface area contributed by atoms with E-state index in [1.54, 1.807) is 5.48 Å². The van der Waals surface area contributed by atoms with Gasteiger partial charge in [-0.15, -0.1) is 0 Å². The minimum Gasteiger partial charge on any atom is -0.360 e. The summed E-state index contributed by atoms with van der Waals surface area (Å²) >= 11 is 3.52. The first-order chi connectivity index (χ1) is 10.2. The van der Waals surface area contributed by atoms with Crippen LogP contribution in [-0.2, 0) is 11.2 Å². The molecule has 2 heterocycles. The van der Waals surface area contributed by atoms with Gasteiger partial charge in [-0.1, -0.05) is 20.8 Å². The molecule has 3 N–H and O–H groups in total. The minimum absolute atomic E-state index is 0.0209. The van der Waals surface area contributed by atoms with Gasteiger partial charge < -0.3 is 5.32 Å². The number of halogens is 1. The molecule has 0 fully saturated rings. The summed E-state index contributed by atoms with van der Waals surface area (Å²) in [5.74, 6) is 0.275. The molecule has 0 bridgehead atoms. The summed E-state index contributed by atoms with van der Waals surface area (Å²) in [6, 6.07) is 1.99. The fraction of sp³-hybridized carbons (Fsp3) is 0.467. The number of pyridine rings is 1. The molecule has 0 atom stereocenters. The van der Waals surface area contributed by atoms with Crippen molar-refractivity contribution in [3.8, 4) is 0 Å². The van der Waals surface area contributed by atoms with Crippen LogP contribution in [0.3, 0.4) is 0 Å². The number of nitrogens with zero attached hydrogens (tertiary/aromatic N) is 2. The zero-order valence-electron chi connectivity index (χ0n) is 13.2. The third-order valence-corrected chi connectivity index (χ3v) is 4.04. The lowest BCUT2D eigenvalue weighted by molar-refractivity contribution is -0.127. The largest absolute Gasteiger partial charge is 0.360 e. The quantitative estimate of drug-likeness (QED) is 0.572. The molecule has 1 amide bonds. The Kier molecular flexibility index (Phi) is 4.77. The smallest absolute Gasteiger partial charge is 0.262 e. The van der Waals surface area contributed by atoms with Crippen LogP contribution in [0.4, 0.5) is 5.82 Å². The van der Waals surface area contributed by atoms with E-state index in [1.807, 2.05) is 23.6 Å². The molecule has 7 heteroatoms. The lowest BCUT2D eigenvalue weighted by atomic mass is 9.90. The minimum atomic E-state index is -0.497. The Labute approximate surface area is 138 Å². The molecule has 0 aliphatic carbocycles. The van der Waals surface area contributed by atoms with Gasteiger partial charge in [0.1, 0.15) is 11.5 Å². The third kappa shape index (κ3) is 3.78. The Morgan fingerprint density at radius 3 is 2.73 bits per heavy atom. The average molecular weight is 369 g/mol. The number of hydrogen-bond acceptors (Lipinski definition) is 4. The number of hydrogen-bond donors (Lipinski definition) is 3. The van der Waals surface area contributed by atoms with Crippen molar-refractivity contribution in [2.24, 2.45) is 5.41 Å². The number of carbonyl (C=O) groups is 1. The normalized spacial score (nSPS) is 11.7. The molecule has 22 heavy (non-hydrogen) atoms. The summed E-state index contributed by atoms with van der Waals surface area (Å²) in [6.07, 6.45) is 2.71. The molecule has 0 aliphatic rings. The topological polar surface area (TPSA) is 78.7 Å². The van der Waals surface area contributed by atoms with Gasteiger partial charge in [0.25, 0.3) is 5.91 Å². The molecule has 2 rings (SSSR count). The zero-order chi connectivity index (χ0) is 16.5. The molecular formula is C15H21BrN4O2. The number of fused-ring (bicyclic) bond motifs is 1. The lowest BCUT2D eigenvalue weighted by Gasteiger charge is -2.17. The maximum absolute atomic E-state index is 11.3. The van der Waals surface area contributed by atoms with Crippen molar-refractivity contribution in [2.45, 2.75) is 34.1 Å². The van der Waals surface area contributed by atoms with Gasteiger partial charge in [-0.25, -0.2) is 10.5 Å². The monoisotopic (exact) mass is 368 g/mol. The number of amides is 1. The van der Waals surface area contributed by atoms with Crippen LogP contribution in [0.1, 0.15) is 32.0 Å². The zero-order valence-corrected chi connectivity index (χ0v) is 14.8. The van der Waals surface area contributed by atoms with Crippen molar-refractivity contribution < 1.29 is 10.0 Å². The van der Waals surface area contributed by atoms with E-state index >= 15 is 0 Å². The van der Waals surface area contributed by atoms with Crippen LogP contribution >= 0.6 is 15.9 Å². The van der Waals surface area contributed by atoms with Crippen LogP contribution in [0.15, 0.2) is 16.7 Å². The van der Waals surface area contributed by atoms with E-state index < -0.39 is 5.91 Å². The van der Waals surface area contributed by atoms with Crippen LogP contribution in [0.5, 0.6) is 0 Å². The van der Waals surface area contributed by atoms with Gasteiger partial charge in [0.05, 0.1) is 12.2 Å². The highest BCUT2D eigenvalue weighted by Crippen LogP contribution is 2.28. The van der Waals surface area contributed by atoms with Gasteiger partial charge in [0, 0.05) is 10.7 Å². The van der Waals surface area contributed by atoms with Crippen LogP contribution in [0, 0.1) is 12.3 Å². The SMILES string of the molecule is Cc1cc2nc(CC(C)(C)C)c(NCC(=O)NO)n2cc1Br. The number of rotatable bonds is 4. The molecule has 0 saturated carbocycles. The van der Waals surface area contributed by atoms with Crippen molar-refractivity contribution in [2.75, 3.05) is 11.9 Å². The van der Waals surface area contributed by atoms with Crippen LogP contribution < -0.4 is 10.8 Å². The summed E-state index contributed by atoms with van der Waals surface area (Å²) in [5.41, 5.74) is 4.51. The predicted molar refractivity (Wildman–Crippen MR) is 89.2 cm³/mol. The third-order valence-electron chi connectivity index (χ3n) is 3.21. The number of hydroxylamine groups is 1. The molecule has 0 aromatic carbocycles. The average Bonchev–Trinajstić information content (AvgIpc) is 2.71. The molecule has 6 nitrogen and oxygen atoms in total. The van der Waals surface area contributed by atoms with E-state index in [4.69, 9.17) is 5.21 Å². The molecule has 2 aromatic rings. The predicted octanol–water partition coefficient (Wildman–Crippen LogP) is 2.91. The first kappa shape index (κ1) is 16.8. The number of aromatic nitrogens is 2. The first-order valence-electron chi connectivity index (χ1n) is 7.05. The number of aryl methyl sites for hydroxylation is 1. The van der Waals surface area contributed by atoms with Crippen LogP contribution in [-0.4, -0.2) is 27.0 Å². The summed E-state index contributed by atoms with van der Waals surface area (Å²) in [5, 5.41) is 11.7. The van der Waals surface area contributed by atoms with Crippen LogP contribution in [0.25, 0.3) is 5.65 Å². The molecule has 0 spiro atoms. The van der Waals surface area contributed by atoms with Crippen molar-refractivity contribution in [1.29, 1.82) is 0 Å². The highest BCUT2D eigenvalue weighted by molar-refractivity contribution is 9.10. The van der Waals surface area contributed by atoms with E-state index in [2.05, 4.69) is 47.0 Å². The van der Waals surface area contributed by atoms with E-state index in [1.165, 1.54) is 0 Å². The van der Waals surface area contributed by atoms with Gasteiger partial charge in [0.2, 0.25) is 0 Å². The van der Waals surface area contributed by atoms with E-state index in [0.717, 1.165) is 33.6 Å². The molecule has 0 saturated heterocycles. The van der Waals surface area contributed by atoms with Gasteiger partial charge in [0.15, 0.2) is 0 Å². The van der Waals surface area contributed by atoms with Crippen LogP contribution in [0.2, 0.25) is 0 Å². The standard InChI is InChI=1S/C15H21BrN4O2/c1-9-5-12-18-11(6-15(2,3)4)14(17-7-13(21)19-22)20(12)8-10(9)16/h5,8,17,22H,6-7H2,1-4H3,(H,19,21). The van der Waals surface area contributed by atoms with Gasteiger partial charge in [-0.2, -0.15) is 0 Å². The Morgan fingerprint density at radius 2 is 2.14 bits per heavy atom. The fourth-order valence-corrected chi connectivity index (χ4v) is 2.54. The highest BCUT2D eigenvalue weighted by Gasteiger charge is 2.20. The van der Waals surface area contributed by atoms with Crippen molar-refractivity contribution in [1.82, 2.24) is 14.9 Å².